The molecule has 4 heterocycles. The van der Waals surface area contributed by atoms with Gasteiger partial charge in [-0.1, -0.05) is 48.5 Å². The highest BCUT2D eigenvalue weighted by atomic mass is 16.5. The lowest BCUT2D eigenvalue weighted by Gasteiger charge is -2.30. The van der Waals surface area contributed by atoms with Gasteiger partial charge in [-0.3, -0.25) is 9.59 Å². The van der Waals surface area contributed by atoms with Gasteiger partial charge in [0.15, 0.2) is 0 Å². The van der Waals surface area contributed by atoms with E-state index in [0.717, 1.165) is 75.9 Å². The molecule has 2 aromatic heterocycles. The maximum Gasteiger partial charge on any atom is 0.407 e. The second-order valence-electron chi connectivity index (χ2n) is 14.6. The van der Waals surface area contributed by atoms with Crippen molar-refractivity contribution in [2.75, 3.05) is 34.4 Å². The van der Waals surface area contributed by atoms with E-state index in [1.807, 2.05) is 18.0 Å². The Bertz CT molecular complexity index is 2180. The molecule has 0 radical (unpaired) electrons. The van der Waals surface area contributed by atoms with Crippen molar-refractivity contribution in [3.8, 4) is 33.6 Å². The van der Waals surface area contributed by atoms with Crippen LogP contribution in [0, 0.1) is 0 Å². The monoisotopic (exact) mass is 762 g/mol. The minimum absolute atomic E-state index is 0.118. The number of imidazole rings is 2. The first kappa shape index (κ1) is 38.7. The van der Waals surface area contributed by atoms with Crippen molar-refractivity contribution in [2.45, 2.75) is 75.9 Å². The summed E-state index contributed by atoms with van der Waals surface area (Å²) in [6, 6.07) is 19.1. The molecular formula is C42H50N8O6. The Morgan fingerprint density at radius 2 is 1.21 bits per heavy atom. The van der Waals surface area contributed by atoms with Gasteiger partial charge >= 0.3 is 6.09 Å². The first-order valence-corrected chi connectivity index (χ1v) is 19.1. The molecule has 5 N–H and O–H groups in total. The molecule has 0 saturated carbocycles. The number of aromatic nitrogens is 4. The zero-order valence-corrected chi connectivity index (χ0v) is 32.5. The number of aromatic amines is 2. The van der Waals surface area contributed by atoms with E-state index >= 15 is 0 Å². The van der Waals surface area contributed by atoms with Crippen molar-refractivity contribution in [1.29, 1.82) is 0 Å². The van der Waals surface area contributed by atoms with Gasteiger partial charge < -0.3 is 45.0 Å². The van der Waals surface area contributed by atoms with Gasteiger partial charge in [0.05, 0.1) is 55.2 Å². The van der Waals surface area contributed by atoms with Crippen LogP contribution in [0.5, 0.6) is 0 Å². The number of hydrogen-bond donors (Lipinski definition) is 4. The normalized spacial score (nSPS) is 19.2. The average molecular weight is 763 g/mol. The van der Waals surface area contributed by atoms with E-state index in [2.05, 4.69) is 85.9 Å². The summed E-state index contributed by atoms with van der Waals surface area (Å²) in [5, 5.41) is 4.84. The standard InChI is InChI=1S/C42H50N8O6/c1-24(54-3)36(43)40(51)49-18-6-8-34(49)38-45-23-33(47-38)31-17-16-29-20-28(14-15-30(29)21-31)26-10-12-27(13-11-26)32-22-44-39(46-32)35-9-7-19-50(35)41(52)37(25(2)55-4)48-42(53)56-5/h10-17,20-25,34-37H,6-9,18-19,43H2,1-5H3,(H,44,46)(H,45,47)(H,48,53)/t24-,25-,34+,35+,36+,37+/m1/s1. The number of methoxy groups -OCH3 is 3. The Hall–Kier alpha value is -5.57. The highest BCUT2D eigenvalue weighted by Crippen LogP contribution is 2.35. The summed E-state index contributed by atoms with van der Waals surface area (Å²) in [5.41, 5.74) is 12.1. The number of likely N-dealkylation sites (tertiary alicyclic amines) is 2. The molecule has 3 amide bonds. The molecule has 14 nitrogen and oxygen atoms in total. The van der Waals surface area contributed by atoms with Crippen LogP contribution in [0.4, 0.5) is 4.79 Å². The van der Waals surface area contributed by atoms with Crippen LogP contribution < -0.4 is 11.1 Å². The van der Waals surface area contributed by atoms with Crippen LogP contribution >= 0.6 is 0 Å². The zero-order chi connectivity index (χ0) is 39.5. The van der Waals surface area contributed by atoms with Crippen molar-refractivity contribution >= 4 is 28.7 Å². The Kier molecular flexibility index (Phi) is 11.5. The first-order valence-electron chi connectivity index (χ1n) is 19.1. The molecule has 0 unspecified atom stereocenters. The number of rotatable bonds is 12. The Morgan fingerprint density at radius 3 is 1.79 bits per heavy atom. The van der Waals surface area contributed by atoms with Crippen LogP contribution in [0.1, 0.15) is 63.3 Å². The summed E-state index contributed by atoms with van der Waals surface area (Å²) < 4.78 is 15.5. The number of nitrogens with zero attached hydrogens (tertiary/aromatic N) is 4. The van der Waals surface area contributed by atoms with Crippen LogP contribution in [-0.4, -0.2) is 106 Å². The Balaban J connectivity index is 1.03. The summed E-state index contributed by atoms with van der Waals surface area (Å²) in [6.45, 7) is 4.74. The van der Waals surface area contributed by atoms with E-state index in [1.54, 1.807) is 25.1 Å². The Labute approximate surface area is 326 Å². The predicted molar refractivity (Wildman–Crippen MR) is 212 cm³/mol. The highest BCUT2D eigenvalue weighted by Gasteiger charge is 2.39. The predicted octanol–water partition coefficient (Wildman–Crippen LogP) is 5.74. The number of H-pyrrole nitrogens is 2. The molecule has 7 rings (SSSR count). The molecule has 2 saturated heterocycles. The summed E-state index contributed by atoms with van der Waals surface area (Å²) in [7, 11) is 4.33. The Morgan fingerprint density at radius 1 is 0.714 bits per heavy atom. The summed E-state index contributed by atoms with van der Waals surface area (Å²) in [4.78, 5) is 58.7. The molecule has 0 spiro atoms. The van der Waals surface area contributed by atoms with Crippen molar-refractivity contribution in [3.05, 3.63) is 84.7 Å². The second-order valence-corrected chi connectivity index (χ2v) is 14.6. The molecule has 2 fully saturated rings. The van der Waals surface area contributed by atoms with E-state index in [9.17, 15) is 14.4 Å². The minimum atomic E-state index is -0.889. The van der Waals surface area contributed by atoms with Crippen LogP contribution in [0.25, 0.3) is 44.4 Å². The fraction of sp³-hybridized carbons (Fsp3) is 0.405. The quantitative estimate of drug-likeness (QED) is 0.123. The number of nitrogens with one attached hydrogen (secondary N) is 3. The molecule has 3 aromatic carbocycles. The molecule has 0 bridgehead atoms. The number of alkyl carbamates (subject to hydrolysis) is 1. The lowest BCUT2D eigenvalue weighted by Crippen LogP contribution is -2.54. The third-order valence-electron chi connectivity index (χ3n) is 11.3. The van der Waals surface area contributed by atoms with Gasteiger partial charge in [-0.05, 0) is 79.1 Å². The summed E-state index contributed by atoms with van der Waals surface area (Å²) >= 11 is 0. The number of ether oxygens (including phenoxy) is 3. The maximum absolute atomic E-state index is 13.6. The second kappa shape index (κ2) is 16.7. The topological polar surface area (TPSA) is 181 Å². The number of amides is 3. The molecule has 14 heteroatoms. The van der Waals surface area contributed by atoms with Gasteiger partial charge in [0, 0.05) is 32.9 Å². The van der Waals surface area contributed by atoms with Crippen molar-refractivity contribution in [1.82, 2.24) is 35.1 Å². The molecular weight excluding hydrogens is 713 g/mol. The lowest BCUT2D eigenvalue weighted by molar-refractivity contribution is -0.138. The van der Waals surface area contributed by atoms with Gasteiger partial charge in [-0.15, -0.1) is 0 Å². The molecule has 294 valence electrons. The van der Waals surface area contributed by atoms with Crippen LogP contribution in [-0.2, 0) is 23.8 Å². The van der Waals surface area contributed by atoms with Crippen molar-refractivity contribution in [2.24, 2.45) is 5.73 Å². The van der Waals surface area contributed by atoms with Gasteiger partial charge in [0.25, 0.3) is 0 Å². The summed E-state index contributed by atoms with van der Waals surface area (Å²) in [6.07, 6.45) is 5.32. The van der Waals surface area contributed by atoms with Crippen molar-refractivity contribution in [3.63, 3.8) is 0 Å². The molecule has 56 heavy (non-hydrogen) atoms. The fourth-order valence-corrected chi connectivity index (χ4v) is 7.79. The largest absolute Gasteiger partial charge is 0.453 e. The van der Waals surface area contributed by atoms with Gasteiger partial charge in [0.2, 0.25) is 11.8 Å². The number of carbonyl (C=O) groups is 3. The van der Waals surface area contributed by atoms with Crippen LogP contribution in [0.2, 0.25) is 0 Å². The first-order chi connectivity index (χ1) is 27.1. The van der Waals surface area contributed by atoms with Gasteiger partial charge in [0.1, 0.15) is 23.7 Å². The van der Waals surface area contributed by atoms with Crippen LogP contribution in [0.15, 0.2) is 73.1 Å². The third-order valence-corrected chi connectivity index (χ3v) is 11.3. The number of nitrogens with two attached hydrogens (primary N) is 1. The van der Waals surface area contributed by atoms with E-state index in [-0.39, 0.29) is 30.0 Å². The number of benzene rings is 3. The number of carbonyl (C=O) groups excluding carboxylic acids is 3. The molecule has 5 aromatic rings. The number of fused-ring (bicyclic) bond motifs is 1. The smallest absolute Gasteiger partial charge is 0.407 e. The van der Waals surface area contributed by atoms with E-state index in [1.165, 1.54) is 14.2 Å². The molecule has 6 atom stereocenters. The minimum Gasteiger partial charge on any atom is -0.453 e. The van der Waals surface area contributed by atoms with E-state index in [0.29, 0.717) is 18.9 Å². The highest BCUT2D eigenvalue weighted by molar-refractivity contribution is 5.91. The number of hydrogen-bond acceptors (Lipinski definition) is 9. The van der Waals surface area contributed by atoms with Crippen molar-refractivity contribution < 1.29 is 28.6 Å². The average Bonchev–Trinajstić information content (AvgIpc) is 4.08. The third kappa shape index (κ3) is 7.77. The van der Waals surface area contributed by atoms with E-state index in [4.69, 9.17) is 19.9 Å². The fourth-order valence-electron chi connectivity index (χ4n) is 7.79. The SMILES string of the molecule is COC(=O)N[C@H](C(=O)N1CCC[C@H]1c1ncc(-c2ccc(-c3ccc4cc(-c5cnc([C@@H]6CCCN6C(=O)[C@@H](N)[C@@H](C)OC)[nH]5)ccc4c3)cc2)[nH]1)[C@@H](C)OC. The maximum atomic E-state index is 13.6. The summed E-state index contributed by atoms with van der Waals surface area (Å²) in [5.74, 6) is 1.10. The molecule has 2 aliphatic rings. The van der Waals surface area contributed by atoms with Gasteiger partial charge in [-0.2, -0.15) is 0 Å². The van der Waals surface area contributed by atoms with Crippen LogP contribution in [0.3, 0.4) is 0 Å². The zero-order valence-electron chi connectivity index (χ0n) is 32.5. The molecule has 0 aliphatic carbocycles. The molecule has 2 aliphatic heterocycles. The van der Waals surface area contributed by atoms with E-state index < -0.39 is 24.3 Å². The lowest BCUT2D eigenvalue weighted by atomic mass is 9.98. The van der Waals surface area contributed by atoms with Gasteiger partial charge in [-0.25, -0.2) is 14.8 Å².